The molecule has 0 spiro atoms. The standard InChI is InChI=1S/C20H38O6Si/c1-9-10-11-12-13(21)15(26-27(7,8)19(2,3)4)16-14(22)17-18(23-16)25-20(5,6)24-17/h9,13-18,21-22H,1,10-12H2,2-8H3/t13-,14-,15+,16-,17+,18+/m0/s1. The zero-order chi connectivity index (χ0) is 20.6. The molecule has 2 aliphatic rings. The van der Waals surface area contributed by atoms with Gasteiger partial charge in [0.25, 0.3) is 0 Å². The summed E-state index contributed by atoms with van der Waals surface area (Å²) in [5.74, 6) is -0.792. The third-order valence-electron chi connectivity index (χ3n) is 5.90. The van der Waals surface area contributed by atoms with Gasteiger partial charge in [-0.25, -0.2) is 0 Å². The molecule has 0 aromatic carbocycles. The maximum Gasteiger partial charge on any atom is 0.192 e. The van der Waals surface area contributed by atoms with Gasteiger partial charge in [-0.3, -0.25) is 0 Å². The van der Waals surface area contributed by atoms with Crippen molar-refractivity contribution < 1.29 is 28.8 Å². The Kier molecular flexibility index (Phi) is 7.00. The van der Waals surface area contributed by atoms with Crippen LogP contribution in [0.1, 0.15) is 53.9 Å². The lowest BCUT2D eigenvalue weighted by Crippen LogP contribution is -2.54. The summed E-state index contributed by atoms with van der Waals surface area (Å²) < 4.78 is 24.1. The average molecular weight is 403 g/mol. The van der Waals surface area contributed by atoms with Gasteiger partial charge >= 0.3 is 0 Å². The second-order valence-corrected chi connectivity index (χ2v) is 14.4. The van der Waals surface area contributed by atoms with Crippen LogP contribution in [-0.2, 0) is 18.6 Å². The molecule has 0 bridgehead atoms. The van der Waals surface area contributed by atoms with Gasteiger partial charge in [-0.05, 0) is 51.2 Å². The molecule has 6 nitrogen and oxygen atoms in total. The molecule has 0 amide bonds. The van der Waals surface area contributed by atoms with Crippen LogP contribution in [0, 0.1) is 0 Å². The SMILES string of the molecule is C=CCCC[C@H](O)[C@@H](O[Si](C)(C)C(C)(C)C)[C@H]1O[C@@H]2OC(C)(C)O[C@@H]2[C@H]1O. The Bertz CT molecular complexity index is 515. The minimum Gasteiger partial charge on any atom is -0.409 e. The number of hydrogen-bond donors (Lipinski definition) is 2. The summed E-state index contributed by atoms with van der Waals surface area (Å²) >= 11 is 0. The van der Waals surface area contributed by atoms with Gasteiger partial charge in [0.2, 0.25) is 0 Å². The van der Waals surface area contributed by atoms with E-state index in [1.165, 1.54) is 0 Å². The monoisotopic (exact) mass is 402 g/mol. The molecule has 158 valence electrons. The molecule has 2 aliphatic heterocycles. The molecular formula is C20H38O6Si. The number of unbranched alkanes of at least 4 members (excludes halogenated alkanes) is 1. The first kappa shape index (κ1) is 23.0. The Morgan fingerprint density at radius 2 is 1.89 bits per heavy atom. The molecule has 2 heterocycles. The van der Waals surface area contributed by atoms with Crippen LogP contribution in [0.4, 0.5) is 0 Å². The van der Waals surface area contributed by atoms with Crippen molar-refractivity contribution in [1.29, 1.82) is 0 Å². The van der Waals surface area contributed by atoms with Crippen LogP contribution in [0.5, 0.6) is 0 Å². The van der Waals surface area contributed by atoms with Crippen molar-refractivity contribution in [3.05, 3.63) is 12.7 Å². The zero-order valence-corrected chi connectivity index (χ0v) is 18.9. The van der Waals surface area contributed by atoms with Crippen LogP contribution in [0.2, 0.25) is 18.1 Å². The lowest BCUT2D eigenvalue weighted by molar-refractivity contribution is -0.230. The van der Waals surface area contributed by atoms with E-state index in [-0.39, 0.29) is 5.04 Å². The van der Waals surface area contributed by atoms with Crippen molar-refractivity contribution in [2.75, 3.05) is 0 Å². The predicted molar refractivity (Wildman–Crippen MR) is 107 cm³/mol. The van der Waals surface area contributed by atoms with E-state index in [1.54, 1.807) is 13.8 Å². The molecule has 2 fully saturated rings. The molecule has 0 aliphatic carbocycles. The number of ether oxygens (including phenoxy) is 3. The summed E-state index contributed by atoms with van der Waals surface area (Å²) in [5, 5.41) is 21.7. The van der Waals surface area contributed by atoms with Gasteiger partial charge in [-0.1, -0.05) is 26.8 Å². The predicted octanol–water partition coefficient (Wildman–Crippen LogP) is 3.33. The van der Waals surface area contributed by atoms with E-state index in [2.05, 4.69) is 40.4 Å². The van der Waals surface area contributed by atoms with Gasteiger partial charge in [-0.2, -0.15) is 0 Å². The van der Waals surface area contributed by atoms with Crippen LogP contribution in [0.15, 0.2) is 12.7 Å². The normalized spacial score (nSPS) is 32.9. The zero-order valence-electron chi connectivity index (χ0n) is 17.9. The van der Waals surface area contributed by atoms with E-state index in [1.807, 2.05) is 6.08 Å². The molecule has 27 heavy (non-hydrogen) atoms. The van der Waals surface area contributed by atoms with Crippen molar-refractivity contribution in [2.45, 2.75) is 115 Å². The molecule has 2 N–H and O–H groups in total. The van der Waals surface area contributed by atoms with Crippen molar-refractivity contribution in [2.24, 2.45) is 0 Å². The number of allylic oxidation sites excluding steroid dienone is 1. The highest BCUT2D eigenvalue weighted by Crippen LogP contribution is 2.42. The van der Waals surface area contributed by atoms with E-state index in [4.69, 9.17) is 18.6 Å². The fourth-order valence-electron chi connectivity index (χ4n) is 3.30. The van der Waals surface area contributed by atoms with Crippen molar-refractivity contribution in [3.8, 4) is 0 Å². The fourth-order valence-corrected chi connectivity index (χ4v) is 4.63. The highest BCUT2D eigenvalue weighted by Gasteiger charge is 2.58. The second-order valence-electron chi connectivity index (χ2n) is 9.69. The summed E-state index contributed by atoms with van der Waals surface area (Å²) in [5.41, 5.74) is 0. The van der Waals surface area contributed by atoms with E-state index in [9.17, 15) is 10.2 Å². The first-order chi connectivity index (χ1) is 12.3. The first-order valence-corrected chi connectivity index (χ1v) is 12.9. The third kappa shape index (κ3) is 5.21. The number of fused-ring (bicyclic) bond motifs is 1. The quantitative estimate of drug-likeness (QED) is 0.368. The third-order valence-corrected chi connectivity index (χ3v) is 10.4. The minimum absolute atomic E-state index is 0.0273. The Labute approximate surface area is 165 Å². The smallest absolute Gasteiger partial charge is 0.192 e. The maximum absolute atomic E-state index is 10.9. The number of hydrogen-bond acceptors (Lipinski definition) is 6. The molecule has 0 aromatic rings. The highest BCUT2D eigenvalue weighted by atomic mass is 28.4. The first-order valence-electron chi connectivity index (χ1n) is 9.95. The van der Waals surface area contributed by atoms with E-state index >= 15 is 0 Å². The Morgan fingerprint density at radius 3 is 2.41 bits per heavy atom. The minimum atomic E-state index is -2.19. The molecule has 0 aromatic heterocycles. The molecule has 2 rings (SSSR count). The van der Waals surface area contributed by atoms with Gasteiger partial charge < -0.3 is 28.8 Å². The highest BCUT2D eigenvalue weighted by molar-refractivity contribution is 6.74. The Morgan fingerprint density at radius 1 is 1.26 bits per heavy atom. The second kappa shape index (κ2) is 8.22. The van der Waals surface area contributed by atoms with Crippen LogP contribution in [-0.4, -0.2) is 61.1 Å². The number of rotatable bonds is 8. The van der Waals surface area contributed by atoms with Crippen LogP contribution in [0.25, 0.3) is 0 Å². The Balaban J connectivity index is 2.18. The van der Waals surface area contributed by atoms with Crippen molar-refractivity contribution >= 4 is 8.32 Å². The van der Waals surface area contributed by atoms with Gasteiger partial charge in [0.05, 0.1) is 12.2 Å². The van der Waals surface area contributed by atoms with E-state index in [0.717, 1.165) is 12.8 Å². The largest absolute Gasteiger partial charge is 0.409 e. The number of aliphatic hydroxyl groups is 2. The average Bonchev–Trinajstić information content (AvgIpc) is 2.97. The molecule has 7 heteroatoms. The van der Waals surface area contributed by atoms with Crippen LogP contribution >= 0.6 is 0 Å². The van der Waals surface area contributed by atoms with E-state index < -0.39 is 50.9 Å². The van der Waals surface area contributed by atoms with Crippen molar-refractivity contribution in [1.82, 2.24) is 0 Å². The summed E-state index contributed by atoms with van der Waals surface area (Å²) in [6.07, 6.45) is -0.184. The van der Waals surface area contributed by atoms with Crippen molar-refractivity contribution in [3.63, 3.8) is 0 Å². The maximum atomic E-state index is 10.9. The topological polar surface area (TPSA) is 77.4 Å². The summed E-state index contributed by atoms with van der Waals surface area (Å²) in [6.45, 7) is 18.0. The fraction of sp³-hybridized carbons (Fsp3) is 0.900. The van der Waals surface area contributed by atoms with Gasteiger partial charge in [0.15, 0.2) is 20.4 Å². The van der Waals surface area contributed by atoms with E-state index in [0.29, 0.717) is 6.42 Å². The summed E-state index contributed by atoms with van der Waals surface area (Å²) in [4.78, 5) is 0. The lowest BCUT2D eigenvalue weighted by Gasteiger charge is -2.42. The lowest BCUT2D eigenvalue weighted by atomic mass is 9.98. The molecular weight excluding hydrogens is 364 g/mol. The number of aliphatic hydroxyl groups excluding tert-OH is 2. The Hall–Kier alpha value is -0.283. The molecule has 0 saturated carbocycles. The van der Waals surface area contributed by atoms with Gasteiger partial charge in [0, 0.05) is 0 Å². The molecule has 0 unspecified atom stereocenters. The van der Waals surface area contributed by atoms with Gasteiger partial charge in [0.1, 0.15) is 18.3 Å². The molecule has 2 saturated heterocycles. The van der Waals surface area contributed by atoms with Gasteiger partial charge in [-0.15, -0.1) is 6.58 Å². The van der Waals surface area contributed by atoms with Crippen LogP contribution < -0.4 is 0 Å². The summed E-state index contributed by atoms with van der Waals surface area (Å²) in [7, 11) is -2.19. The summed E-state index contributed by atoms with van der Waals surface area (Å²) in [6, 6.07) is 0. The molecule has 6 atom stereocenters. The molecule has 0 radical (unpaired) electrons. The van der Waals surface area contributed by atoms with Crippen LogP contribution in [0.3, 0.4) is 0 Å².